The average Bonchev–Trinajstić information content (AvgIpc) is 2.50. The highest BCUT2D eigenvalue weighted by Crippen LogP contribution is 2.12. The highest BCUT2D eigenvalue weighted by molar-refractivity contribution is 6.48. The molecule has 0 atom stereocenters. The summed E-state index contributed by atoms with van der Waals surface area (Å²) in [6.45, 7) is 0.0833. The Bertz CT molecular complexity index is 576. The highest BCUT2D eigenvalue weighted by atomic mass is 16.5. The maximum Gasteiger partial charge on any atom is 0.355 e. The summed E-state index contributed by atoms with van der Waals surface area (Å²) in [4.78, 5) is 26.6. The first kappa shape index (κ1) is 16.2. The van der Waals surface area contributed by atoms with Crippen molar-refractivity contribution < 1.29 is 24.2 Å². The standard InChI is InChI=1S/C14H16N2O5/c1-20-10-5-3-9(4-6-10)8-16-12(13(17)18)11(7-15)14(19)21-2/h3-7H,8,15H2,1-2H3,(H,17,18). The van der Waals surface area contributed by atoms with E-state index in [0.29, 0.717) is 5.75 Å². The molecule has 0 spiro atoms. The number of benzene rings is 1. The summed E-state index contributed by atoms with van der Waals surface area (Å²) in [5, 5.41) is 9.12. The minimum absolute atomic E-state index is 0.0833. The van der Waals surface area contributed by atoms with Gasteiger partial charge in [-0.3, -0.25) is 4.99 Å². The fourth-order valence-corrected chi connectivity index (χ4v) is 1.52. The summed E-state index contributed by atoms with van der Waals surface area (Å²) < 4.78 is 9.49. The molecule has 3 N–H and O–H groups in total. The number of ether oxygens (including phenoxy) is 2. The van der Waals surface area contributed by atoms with Gasteiger partial charge in [0, 0.05) is 6.20 Å². The van der Waals surface area contributed by atoms with Crippen LogP contribution in [0.25, 0.3) is 0 Å². The fourth-order valence-electron chi connectivity index (χ4n) is 1.52. The predicted molar refractivity (Wildman–Crippen MR) is 76.1 cm³/mol. The lowest BCUT2D eigenvalue weighted by Crippen LogP contribution is -2.23. The number of aliphatic imine (C=N–C) groups is 1. The molecule has 7 nitrogen and oxygen atoms in total. The van der Waals surface area contributed by atoms with E-state index in [1.54, 1.807) is 31.4 Å². The monoisotopic (exact) mass is 292 g/mol. The second-order valence-corrected chi connectivity index (χ2v) is 3.89. The van der Waals surface area contributed by atoms with Crippen molar-refractivity contribution in [3.8, 4) is 5.75 Å². The molecule has 0 bridgehead atoms. The van der Waals surface area contributed by atoms with E-state index in [-0.39, 0.29) is 12.1 Å². The van der Waals surface area contributed by atoms with Gasteiger partial charge in [0.05, 0.1) is 20.8 Å². The Morgan fingerprint density at radius 1 is 1.29 bits per heavy atom. The molecular weight excluding hydrogens is 276 g/mol. The van der Waals surface area contributed by atoms with E-state index in [0.717, 1.165) is 18.9 Å². The van der Waals surface area contributed by atoms with Crippen LogP contribution in [0.1, 0.15) is 5.56 Å². The Hall–Kier alpha value is -2.83. The fraction of sp³-hybridized carbons (Fsp3) is 0.214. The van der Waals surface area contributed by atoms with Crippen LogP contribution in [0.4, 0.5) is 0 Å². The molecule has 0 aliphatic heterocycles. The molecule has 21 heavy (non-hydrogen) atoms. The van der Waals surface area contributed by atoms with E-state index in [1.165, 1.54) is 0 Å². The number of esters is 1. The number of aliphatic carboxylic acids is 1. The molecule has 0 fully saturated rings. The van der Waals surface area contributed by atoms with Crippen LogP contribution < -0.4 is 10.5 Å². The SMILES string of the molecule is COC(=O)C(=CN)C(=NCc1ccc(OC)cc1)C(=O)O. The maximum atomic E-state index is 11.5. The Morgan fingerprint density at radius 3 is 2.33 bits per heavy atom. The summed E-state index contributed by atoms with van der Waals surface area (Å²) in [6.07, 6.45) is 0.868. The summed E-state index contributed by atoms with van der Waals surface area (Å²) in [5.41, 5.74) is 5.29. The summed E-state index contributed by atoms with van der Waals surface area (Å²) in [7, 11) is 2.68. The van der Waals surface area contributed by atoms with Crippen molar-refractivity contribution in [3.63, 3.8) is 0 Å². The van der Waals surface area contributed by atoms with Gasteiger partial charge in [-0.2, -0.15) is 0 Å². The number of carboxylic acid groups (broad SMARTS) is 1. The van der Waals surface area contributed by atoms with Crippen molar-refractivity contribution in [3.05, 3.63) is 41.6 Å². The van der Waals surface area contributed by atoms with Crippen molar-refractivity contribution in [2.45, 2.75) is 6.54 Å². The third-order valence-corrected chi connectivity index (χ3v) is 2.61. The molecule has 0 radical (unpaired) electrons. The molecule has 0 aliphatic carbocycles. The molecule has 1 aromatic rings. The largest absolute Gasteiger partial charge is 0.497 e. The molecule has 0 unspecified atom stereocenters. The Kier molecular flexibility index (Phi) is 5.94. The second-order valence-electron chi connectivity index (χ2n) is 3.89. The second kappa shape index (κ2) is 7.68. The quantitative estimate of drug-likeness (QED) is 0.454. The van der Waals surface area contributed by atoms with E-state index in [4.69, 9.17) is 15.6 Å². The van der Waals surface area contributed by atoms with Gasteiger partial charge in [0.1, 0.15) is 11.3 Å². The first-order chi connectivity index (χ1) is 10.0. The lowest BCUT2D eigenvalue weighted by molar-refractivity contribution is -0.136. The van der Waals surface area contributed by atoms with Gasteiger partial charge in [0.15, 0.2) is 5.71 Å². The van der Waals surface area contributed by atoms with E-state index < -0.39 is 17.7 Å². The molecule has 1 rings (SSSR count). The van der Waals surface area contributed by atoms with Crippen molar-refractivity contribution >= 4 is 17.7 Å². The normalized spacial score (nSPS) is 11.9. The van der Waals surface area contributed by atoms with E-state index >= 15 is 0 Å². The van der Waals surface area contributed by atoms with Gasteiger partial charge in [-0.25, -0.2) is 9.59 Å². The maximum absolute atomic E-state index is 11.5. The minimum Gasteiger partial charge on any atom is -0.497 e. The number of nitrogens with zero attached hydrogens (tertiary/aromatic N) is 1. The first-order valence-corrected chi connectivity index (χ1v) is 5.94. The van der Waals surface area contributed by atoms with E-state index in [1.807, 2.05) is 0 Å². The number of carbonyl (C=O) groups is 2. The summed E-state index contributed by atoms with van der Waals surface area (Å²) >= 11 is 0. The van der Waals surface area contributed by atoms with Crippen molar-refractivity contribution in [2.24, 2.45) is 10.7 Å². The van der Waals surface area contributed by atoms with Crippen LogP contribution >= 0.6 is 0 Å². The van der Waals surface area contributed by atoms with Gasteiger partial charge >= 0.3 is 11.9 Å². The zero-order valence-electron chi connectivity index (χ0n) is 11.7. The number of methoxy groups -OCH3 is 2. The molecule has 0 aromatic heterocycles. The van der Waals surface area contributed by atoms with Crippen molar-refractivity contribution in [1.82, 2.24) is 0 Å². The summed E-state index contributed by atoms with van der Waals surface area (Å²) in [5.74, 6) is -1.53. The average molecular weight is 292 g/mol. The van der Waals surface area contributed by atoms with Crippen LogP contribution in [0, 0.1) is 0 Å². The number of carbonyl (C=O) groups excluding carboxylic acids is 1. The molecule has 7 heteroatoms. The van der Waals surface area contributed by atoms with Gasteiger partial charge in [0.25, 0.3) is 0 Å². The van der Waals surface area contributed by atoms with Gasteiger partial charge in [-0.1, -0.05) is 12.1 Å². The zero-order chi connectivity index (χ0) is 15.8. The van der Waals surface area contributed by atoms with Crippen molar-refractivity contribution in [2.75, 3.05) is 14.2 Å². The molecule has 0 saturated heterocycles. The van der Waals surface area contributed by atoms with Crippen LogP contribution in [0.3, 0.4) is 0 Å². The summed E-state index contributed by atoms with van der Waals surface area (Å²) in [6, 6.07) is 6.94. The number of carboxylic acids is 1. The lowest BCUT2D eigenvalue weighted by Gasteiger charge is -2.05. The third-order valence-electron chi connectivity index (χ3n) is 2.61. The predicted octanol–water partition coefficient (Wildman–Crippen LogP) is 0.736. The lowest BCUT2D eigenvalue weighted by atomic mass is 10.1. The third kappa shape index (κ3) is 4.34. The number of nitrogens with two attached hydrogens (primary N) is 1. The van der Waals surface area contributed by atoms with Crippen LogP contribution in [0.15, 0.2) is 41.0 Å². The van der Waals surface area contributed by atoms with Gasteiger partial charge < -0.3 is 20.3 Å². The molecule has 0 amide bonds. The Balaban J connectivity index is 2.99. The zero-order valence-corrected chi connectivity index (χ0v) is 11.7. The Labute approximate surface area is 121 Å². The molecule has 112 valence electrons. The molecule has 1 aromatic carbocycles. The van der Waals surface area contributed by atoms with Crippen LogP contribution in [0.5, 0.6) is 5.75 Å². The molecule has 0 aliphatic rings. The highest BCUT2D eigenvalue weighted by Gasteiger charge is 2.22. The van der Waals surface area contributed by atoms with Crippen molar-refractivity contribution in [1.29, 1.82) is 0 Å². The minimum atomic E-state index is -1.36. The molecule has 0 saturated carbocycles. The molecule has 0 heterocycles. The van der Waals surface area contributed by atoms with E-state index in [9.17, 15) is 9.59 Å². The van der Waals surface area contributed by atoms with Crippen LogP contribution in [0.2, 0.25) is 0 Å². The number of rotatable bonds is 6. The molecular formula is C14H16N2O5. The van der Waals surface area contributed by atoms with Gasteiger partial charge in [-0.15, -0.1) is 0 Å². The number of hydrogen-bond acceptors (Lipinski definition) is 6. The first-order valence-electron chi connectivity index (χ1n) is 5.94. The van der Waals surface area contributed by atoms with Crippen LogP contribution in [-0.4, -0.2) is 37.0 Å². The number of hydrogen-bond donors (Lipinski definition) is 2. The van der Waals surface area contributed by atoms with Gasteiger partial charge in [0.2, 0.25) is 0 Å². The van der Waals surface area contributed by atoms with Gasteiger partial charge in [-0.05, 0) is 17.7 Å². The van der Waals surface area contributed by atoms with Crippen LogP contribution in [-0.2, 0) is 20.9 Å². The topological polar surface area (TPSA) is 111 Å². The van der Waals surface area contributed by atoms with E-state index in [2.05, 4.69) is 9.73 Å². The Morgan fingerprint density at radius 2 is 1.90 bits per heavy atom. The smallest absolute Gasteiger partial charge is 0.355 e.